The Labute approximate surface area is 236 Å². The summed E-state index contributed by atoms with van der Waals surface area (Å²) < 4.78 is 1.91. The Hall–Kier alpha value is -4.57. The van der Waals surface area contributed by atoms with Crippen LogP contribution < -0.4 is 11.0 Å². The van der Waals surface area contributed by atoms with E-state index in [1.165, 1.54) is 0 Å². The van der Waals surface area contributed by atoms with Crippen LogP contribution >= 0.6 is 0 Å². The number of carbonyl (C=O) groups is 3. The standard InChI is InChI=1S/C31H30N6O4/c38-28-8-7-27(29(39)34-28)36-18-21-16-20(5-6-23(21)30(36)40)25-15-19(9-12-32-25)17-35-13-10-22(11-14-35)37-26-4-2-1-3-24(26)33-31(37)41/h1-6,9,12,15-16,22,27H,7-8,10-11,13-14,17-18H2,(H,33,41)(H,34,38,39). The molecule has 41 heavy (non-hydrogen) atoms. The first-order chi connectivity index (χ1) is 19.9. The van der Waals surface area contributed by atoms with Gasteiger partial charge in [-0.2, -0.15) is 0 Å². The van der Waals surface area contributed by atoms with Gasteiger partial charge in [-0.15, -0.1) is 0 Å². The Morgan fingerprint density at radius 3 is 2.59 bits per heavy atom. The van der Waals surface area contributed by atoms with E-state index in [0.29, 0.717) is 18.5 Å². The number of pyridine rings is 1. The number of para-hydroxylation sites is 2. The molecule has 0 aliphatic carbocycles. The van der Waals surface area contributed by atoms with Gasteiger partial charge in [0.1, 0.15) is 6.04 Å². The summed E-state index contributed by atoms with van der Waals surface area (Å²) in [6.07, 6.45) is 4.20. The van der Waals surface area contributed by atoms with Crippen LogP contribution in [-0.2, 0) is 22.7 Å². The Kier molecular flexibility index (Phi) is 6.27. The van der Waals surface area contributed by atoms with Crippen LogP contribution in [0.25, 0.3) is 22.3 Å². The van der Waals surface area contributed by atoms with Crippen molar-refractivity contribution in [1.82, 2.24) is 29.7 Å². The number of benzene rings is 2. The van der Waals surface area contributed by atoms with E-state index in [1.807, 2.05) is 59.3 Å². The van der Waals surface area contributed by atoms with Gasteiger partial charge in [0, 0.05) is 56.0 Å². The Bertz CT molecular complexity index is 1750. The molecule has 2 aromatic carbocycles. The Morgan fingerprint density at radius 2 is 1.76 bits per heavy atom. The van der Waals surface area contributed by atoms with Crippen LogP contribution in [0.5, 0.6) is 0 Å². The fourth-order valence-electron chi connectivity index (χ4n) is 6.49. The van der Waals surface area contributed by atoms with Crippen molar-refractivity contribution < 1.29 is 14.4 Å². The Balaban J connectivity index is 1.03. The zero-order valence-electron chi connectivity index (χ0n) is 22.5. The minimum Gasteiger partial charge on any atom is -0.322 e. The first kappa shape index (κ1) is 25.4. The van der Waals surface area contributed by atoms with Gasteiger partial charge >= 0.3 is 5.69 Å². The SMILES string of the molecule is O=C1CCC(N2Cc3cc(-c4cc(CN5CCC(n6c(=O)[nH]c7ccccc76)CC5)ccn4)ccc3C2=O)C(=O)N1. The number of likely N-dealkylation sites (tertiary alicyclic amines) is 1. The zero-order valence-corrected chi connectivity index (χ0v) is 22.5. The van der Waals surface area contributed by atoms with Crippen LogP contribution in [0, 0.1) is 0 Å². The maximum atomic E-state index is 13.0. The molecule has 3 amide bonds. The summed E-state index contributed by atoms with van der Waals surface area (Å²) in [7, 11) is 0. The molecule has 1 unspecified atom stereocenters. The normalized spacial score (nSPS) is 20.0. The second kappa shape index (κ2) is 10.1. The number of hydrogen-bond acceptors (Lipinski definition) is 6. The van der Waals surface area contributed by atoms with E-state index in [2.05, 4.69) is 26.3 Å². The largest absolute Gasteiger partial charge is 0.326 e. The minimum atomic E-state index is -0.628. The molecule has 1 atom stereocenters. The molecule has 0 bridgehead atoms. The minimum absolute atomic E-state index is 0.0419. The summed E-state index contributed by atoms with van der Waals surface area (Å²) in [5.41, 5.74) is 6.15. The lowest BCUT2D eigenvalue weighted by Crippen LogP contribution is -2.52. The number of fused-ring (bicyclic) bond motifs is 2. The van der Waals surface area contributed by atoms with E-state index in [0.717, 1.165) is 65.9 Å². The predicted molar refractivity (Wildman–Crippen MR) is 152 cm³/mol. The second-order valence-corrected chi connectivity index (χ2v) is 11.1. The van der Waals surface area contributed by atoms with Crippen LogP contribution in [0.3, 0.4) is 0 Å². The van der Waals surface area contributed by atoms with E-state index < -0.39 is 11.9 Å². The molecule has 0 radical (unpaired) electrons. The van der Waals surface area contributed by atoms with Crippen molar-refractivity contribution in [2.45, 2.75) is 50.9 Å². The zero-order chi connectivity index (χ0) is 28.1. The molecule has 208 valence electrons. The molecule has 2 aromatic heterocycles. The molecule has 0 saturated carbocycles. The fourth-order valence-corrected chi connectivity index (χ4v) is 6.49. The number of imide groups is 1. The van der Waals surface area contributed by atoms with Crippen molar-refractivity contribution in [3.63, 3.8) is 0 Å². The quantitative estimate of drug-likeness (QED) is 0.369. The summed E-state index contributed by atoms with van der Waals surface area (Å²) >= 11 is 0. The van der Waals surface area contributed by atoms with Gasteiger partial charge in [-0.25, -0.2) is 4.79 Å². The molecule has 10 heteroatoms. The number of aromatic amines is 1. The van der Waals surface area contributed by atoms with E-state index in [4.69, 9.17) is 0 Å². The molecule has 4 aromatic rings. The molecule has 2 fully saturated rings. The molecule has 2 saturated heterocycles. The highest BCUT2D eigenvalue weighted by Crippen LogP contribution is 2.31. The van der Waals surface area contributed by atoms with Crippen molar-refractivity contribution in [3.05, 3.63) is 88.0 Å². The lowest BCUT2D eigenvalue weighted by Gasteiger charge is -2.32. The van der Waals surface area contributed by atoms with Gasteiger partial charge in [0.25, 0.3) is 5.91 Å². The number of amides is 3. The summed E-state index contributed by atoms with van der Waals surface area (Å²) in [6, 6.07) is 17.2. The van der Waals surface area contributed by atoms with Crippen molar-refractivity contribution in [2.24, 2.45) is 0 Å². The topological polar surface area (TPSA) is 120 Å². The molecule has 2 N–H and O–H groups in total. The first-order valence-electron chi connectivity index (χ1n) is 14.1. The summed E-state index contributed by atoms with van der Waals surface area (Å²) in [4.78, 5) is 61.1. The summed E-state index contributed by atoms with van der Waals surface area (Å²) in [5.74, 6) is -0.881. The van der Waals surface area contributed by atoms with Crippen LogP contribution in [0.2, 0.25) is 0 Å². The third kappa shape index (κ3) is 4.63. The number of carbonyl (C=O) groups excluding carboxylic acids is 3. The van der Waals surface area contributed by atoms with Crippen LogP contribution in [0.15, 0.2) is 65.6 Å². The third-order valence-electron chi connectivity index (χ3n) is 8.60. The molecular weight excluding hydrogens is 520 g/mol. The second-order valence-electron chi connectivity index (χ2n) is 11.1. The number of H-pyrrole nitrogens is 1. The molecule has 3 aliphatic rings. The van der Waals surface area contributed by atoms with E-state index in [-0.39, 0.29) is 30.0 Å². The van der Waals surface area contributed by atoms with E-state index >= 15 is 0 Å². The number of nitrogens with zero attached hydrogens (tertiary/aromatic N) is 4. The van der Waals surface area contributed by atoms with Crippen molar-refractivity contribution in [3.8, 4) is 11.3 Å². The molecule has 3 aliphatic heterocycles. The van der Waals surface area contributed by atoms with Gasteiger partial charge < -0.3 is 9.88 Å². The Morgan fingerprint density at radius 1 is 0.927 bits per heavy atom. The van der Waals surface area contributed by atoms with E-state index in [9.17, 15) is 19.2 Å². The highest BCUT2D eigenvalue weighted by molar-refractivity contribution is 6.05. The smallest absolute Gasteiger partial charge is 0.322 e. The average Bonchev–Trinajstić information content (AvgIpc) is 3.49. The van der Waals surface area contributed by atoms with Crippen LogP contribution in [0.1, 0.15) is 53.2 Å². The van der Waals surface area contributed by atoms with Crippen molar-refractivity contribution in [1.29, 1.82) is 0 Å². The number of rotatable bonds is 5. The highest BCUT2D eigenvalue weighted by Gasteiger charge is 2.39. The van der Waals surface area contributed by atoms with Gasteiger partial charge in [-0.3, -0.25) is 34.2 Å². The monoisotopic (exact) mass is 550 g/mol. The fraction of sp³-hybridized carbons (Fsp3) is 0.323. The van der Waals surface area contributed by atoms with Gasteiger partial charge in [0.2, 0.25) is 11.8 Å². The number of hydrogen-bond donors (Lipinski definition) is 2. The van der Waals surface area contributed by atoms with E-state index in [1.54, 1.807) is 4.90 Å². The third-order valence-corrected chi connectivity index (χ3v) is 8.60. The lowest BCUT2D eigenvalue weighted by molar-refractivity contribution is -0.136. The molecule has 7 rings (SSSR count). The predicted octanol–water partition coefficient (Wildman–Crippen LogP) is 2.99. The van der Waals surface area contributed by atoms with Gasteiger partial charge in [0.15, 0.2) is 0 Å². The number of imidazole rings is 1. The lowest BCUT2D eigenvalue weighted by atomic mass is 10.0. The van der Waals surface area contributed by atoms with Crippen LogP contribution in [0.4, 0.5) is 0 Å². The van der Waals surface area contributed by atoms with Gasteiger partial charge in [-0.05, 0) is 66.8 Å². The average molecular weight is 551 g/mol. The molecule has 5 heterocycles. The van der Waals surface area contributed by atoms with Crippen LogP contribution in [-0.4, -0.2) is 61.2 Å². The molecule has 0 spiro atoms. The van der Waals surface area contributed by atoms with Gasteiger partial charge in [-0.1, -0.05) is 18.2 Å². The molecule has 10 nitrogen and oxygen atoms in total. The maximum Gasteiger partial charge on any atom is 0.326 e. The number of aromatic nitrogens is 3. The first-order valence-corrected chi connectivity index (χ1v) is 14.1. The van der Waals surface area contributed by atoms with Crippen molar-refractivity contribution in [2.75, 3.05) is 13.1 Å². The maximum absolute atomic E-state index is 13.0. The number of nitrogens with one attached hydrogen (secondary N) is 2. The highest BCUT2D eigenvalue weighted by atomic mass is 16.2. The summed E-state index contributed by atoms with van der Waals surface area (Å²) in [5, 5.41) is 2.35. The molecular formula is C31H30N6O4. The summed E-state index contributed by atoms with van der Waals surface area (Å²) in [6.45, 7) is 2.91. The van der Waals surface area contributed by atoms with Crippen molar-refractivity contribution >= 4 is 28.8 Å². The van der Waals surface area contributed by atoms with Gasteiger partial charge in [0.05, 0.1) is 16.7 Å². The number of piperidine rings is 2.